The van der Waals surface area contributed by atoms with Gasteiger partial charge in [-0.05, 0) is 19.9 Å². The van der Waals surface area contributed by atoms with Crippen molar-refractivity contribution < 1.29 is 14.3 Å². The minimum Gasteiger partial charge on any atom is -0.494 e. The number of amides is 2. The van der Waals surface area contributed by atoms with Gasteiger partial charge in [0.05, 0.1) is 19.1 Å². The van der Waals surface area contributed by atoms with Crippen LogP contribution in [-0.2, 0) is 9.59 Å². The number of ether oxygens (including phenoxy) is 1. The molecule has 25 heavy (non-hydrogen) atoms. The van der Waals surface area contributed by atoms with Crippen LogP contribution in [0, 0.1) is 0 Å². The second kappa shape index (κ2) is 10.3. The van der Waals surface area contributed by atoms with Gasteiger partial charge in [0.2, 0.25) is 11.8 Å². The van der Waals surface area contributed by atoms with E-state index in [1.807, 2.05) is 43.0 Å². The summed E-state index contributed by atoms with van der Waals surface area (Å²) in [4.78, 5) is 26.3. The first-order chi connectivity index (χ1) is 11.5. The highest BCUT2D eigenvalue weighted by atomic mass is 35.5. The number of piperazine rings is 1. The SMILES string of the molecule is CCOc1ccccc1C(CC(=O)N1CCNCC1C)NC(C)=O.Cl. The summed E-state index contributed by atoms with van der Waals surface area (Å²) >= 11 is 0. The summed E-state index contributed by atoms with van der Waals surface area (Å²) in [6.45, 7) is 8.24. The van der Waals surface area contributed by atoms with Gasteiger partial charge in [0, 0.05) is 38.2 Å². The molecule has 0 aliphatic carbocycles. The highest BCUT2D eigenvalue weighted by Crippen LogP contribution is 2.28. The first kappa shape index (κ1) is 21.3. The molecular weight excluding hydrogens is 342 g/mol. The average molecular weight is 370 g/mol. The third-order valence-corrected chi connectivity index (χ3v) is 4.17. The predicted octanol–water partition coefficient (Wildman–Crippen LogP) is 1.89. The van der Waals surface area contributed by atoms with Crippen LogP contribution in [0.25, 0.3) is 0 Å². The number of carbonyl (C=O) groups is 2. The van der Waals surface area contributed by atoms with E-state index in [1.165, 1.54) is 6.92 Å². The summed E-state index contributed by atoms with van der Waals surface area (Å²) in [5.74, 6) is 0.599. The third kappa shape index (κ3) is 5.90. The monoisotopic (exact) mass is 369 g/mol. The lowest BCUT2D eigenvalue weighted by Gasteiger charge is -2.35. The molecular formula is C18H28ClN3O3. The van der Waals surface area contributed by atoms with Crippen molar-refractivity contribution in [1.29, 1.82) is 0 Å². The largest absolute Gasteiger partial charge is 0.494 e. The Bertz CT molecular complexity index is 582. The summed E-state index contributed by atoms with van der Waals surface area (Å²) in [5.41, 5.74) is 0.839. The molecule has 0 spiro atoms. The molecule has 1 aromatic carbocycles. The quantitative estimate of drug-likeness (QED) is 0.803. The molecule has 1 aliphatic heterocycles. The molecule has 1 heterocycles. The van der Waals surface area contributed by atoms with E-state index in [1.54, 1.807) is 0 Å². The third-order valence-electron chi connectivity index (χ3n) is 4.17. The van der Waals surface area contributed by atoms with Gasteiger partial charge in [-0.1, -0.05) is 18.2 Å². The van der Waals surface area contributed by atoms with Crippen LogP contribution in [0.2, 0.25) is 0 Å². The van der Waals surface area contributed by atoms with E-state index in [4.69, 9.17) is 4.74 Å². The summed E-state index contributed by atoms with van der Waals surface area (Å²) in [5, 5.41) is 6.18. The lowest BCUT2D eigenvalue weighted by atomic mass is 10.0. The van der Waals surface area contributed by atoms with Crippen molar-refractivity contribution in [2.24, 2.45) is 0 Å². The number of hydrogen-bond acceptors (Lipinski definition) is 4. The standard InChI is InChI=1S/C18H27N3O3.ClH/c1-4-24-17-8-6-5-7-15(17)16(20-14(3)22)11-18(23)21-10-9-19-12-13(21)2;/h5-8,13,16,19H,4,9-12H2,1-3H3,(H,20,22);1H. The molecule has 2 unspecified atom stereocenters. The molecule has 7 heteroatoms. The minimum absolute atomic E-state index is 0. The first-order valence-electron chi connectivity index (χ1n) is 8.52. The van der Waals surface area contributed by atoms with Gasteiger partial charge in [0.15, 0.2) is 0 Å². The van der Waals surface area contributed by atoms with Crippen LogP contribution >= 0.6 is 12.4 Å². The van der Waals surface area contributed by atoms with Crippen LogP contribution in [0.4, 0.5) is 0 Å². The maximum absolute atomic E-state index is 12.7. The van der Waals surface area contributed by atoms with Crippen LogP contribution < -0.4 is 15.4 Å². The highest BCUT2D eigenvalue weighted by molar-refractivity contribution is 5.85. The lowest BCUT2D eigenvalue weighted by molar-refractivity contribution is -0.134. The zero-order valence-corrected chi connectivity index (χ0v) is 15.9. The Kier molecular flexibility index (Phi) is 8.72. The van der Waals surface area contributed by atoms with Gasteiger partial charge in [0.1, 0.15) is 5.75 Å². The fourth-order valence-corrected chi connectivity index (χ4v) is 3.04. The molecule has 140 valence electrons. The Morgan fingerprint density at radius 1 is 1.40 bits per heavy atom. The number of rotatable bonds is 6. The van der Waals surface area contributed by atoms with E-state index in [-0.39, 0.29) is 42.7 Å². The van der Waals surface area contributed by atoms with E-state index >= 15 is 0 Å². The molecule has 1 fully saturated rings. The molecule has 0 bridgehead atoms. The number of nitrogens with zero attached hydrogens (tertiary/aromatic N) is 1. The van der Waals surface area contributed by atoms with Gasteiger partial charge in [-0.15, -0.1) is 12.4 Å². The van der Waals surface area contributed by atoms with Crippen LogP contribution in [0.15, 0.2) is 24.3 Å². The van der Waals surface area contributed by atoms with E-state index in [9.17, 15) is 9.59 Å². The van der Waals surface area contributed by atoms with Gasteiger partial charge >= 0.3 is 0 Å². The topological polar surface area (TPSA) is 70.7 Å². The molecule has 2 amide bonds. The fourth-order valence-electron chi connectivity index (χ4n) is 3.04. The van der Waals surface area contributed by atoms with Crippen molar-refractivity contribution in [3.05, 3.63) is 29.8 Å². The number of hydrogen-bond donors (Lipinski definition) is 2. The molecule has 0 aromatic heterocycles. The second-order valence-corrected chi connectivity index (χ2v) is 6.07. The van der Waals surface area contributed by atoms with Crippen molar-refractivity contribution in [2.45, 2.75) is 39.3 Å². The van der Waals surface area contributed by atoms with Crippen LogP contribution in [0.1, 0.15) is 38.8 Å². The van der Waals surface area contributed by atoms with Crippen LogP contribution in [0.3, 0.4) is 0 Å². The minimum atomic E-state index is -0.389. The van der Waals surface area contributed by atoms with E-state index in [2.05, 4.69) is 10.6 Å². The predicted molar refractivity (Wildman–Crippen MR) is 100 cm³/mol. The van der Waals surface area contributed by atoms with Gasteiger partial charge < -0.3 is 20.3 Å². The molecule has 2 rings (SSSR count). The molecule has 2 N–H and O–H groups in total. The number of para-hydroxylation sites is 1. The molecule has 0 radical (unpaired) electrons. The van der Waals surface area contributed by atoms with Crippen molar-refractivity contribution in [3.63, 3.8) is 0 Å². The van der Waals surface area contributed by atoms with Gasteiger partial charge in [-0.3, -0.25) is 9.59 Å². The molecule has 2 atom stereocenters. The zero-order chi connectivity index (χ0) is 17.5. The molecule has 1 saturated heterocycles. The Hall–Kier alpha value is -1.79. The van der Waals surface area contributed by atoms with Crippen molar-refractivity contribution in [3.8, 4) is 5.75 Å². The fraction of sp³-hybridized carbons (Fsp3) is 0.556. The number of nitrogens with one attached hydrogen (secondary N) is 2. The van der Waals surface area contributed by atoms with Gasteiger partial charge in [-0.2, -0.15) is 0 Å². The Morgan fingerprint density at radius 3 is 2.76 bits per heavy atom. The average Bonchev–Trinajstić information content (AvgIpc) is 2.55. The Morgan fingerprint density at radius 2 is 2.12 bits per heavy atom. The number of carbonyl (C=O) groups excluding carboxylic acids is 2. The Balaban J connectivity index is 0.00000312. The smallest absolute Gasteiger partial charge is 0.225 e. The van der Waals surface area contributed by atoms with Gasteiger partial charge in [0.25, 0.3) is 0 Å². The number of benzene rings is 1. The normalized spacial score (nSPS) is 18.0. The second-order valence-electron chi connectivity index (χ2n) is 6.07. The molecule has 6 nitrogen and oxygen atoms in total. The first-order valence-corrected chi connectivity index (χ1v) is 8.52. The summed E-state index contributed by atoms with van der Waals surface area (Å²) in [7, 11) is 0. The zero-order valence-electron chi connectivity index (χ0n) is 15.1. The molecule has 1 aliphatic rings. The maximum Gasteiger partial charge on any atom is 0.225 e. The summed E-state index contributed by atoms with van der Waals surface area (Å²) < 4.78 is 5.66. The van der Waals surface area contributed by atoms with Crippen molar-refractivity contribution in [2.75, 3.05) is 26.2 Å². The van der Waals surface area contributed by atoms with Crippen LogP contribution in [0.5, 0.6) is 5.75 Å². The lowest BCUT2D eigenvalue weighted by Crippen LogP contribution is -2.52. The molecule has 1 aromatic rings. The summed E-state index contributed by atoms with van der Waals surface area (Å²) in [6, 6.07) is 7.32. The van der Waals surface area contributed by atoms with Crippen molar-refractivity contribution >= 4 is 24.2 Å². The van der Waals surface area contributed by atoms with E-state index in [0.717, 1.165) is 18.7 Å². The van der Waals surface area contributed by atoms with Crippen molar-refractivity contribution in [1.82, 2.24) is 15.5 Å². The summed E-state index contributed by atoms with van der Waals surface area (Å²) in [6.07, 6.45) is 0.230. The Labute approximate surface area is 155 Å². The van der Waals surface area contributed by atoms with Gasteiger partial charge in [-0.25, -0.2) is 0 Å². The molecule has 0 saturated carbocycles. The van der Waals surface area contributed by atoms with E-state index < -0.39 is 0 Å². The van der Waals surface area contributed by atoms with E-state index in [0.29, 0.717) is 18.9 Å². The van der Waals surface area contributed by atoms with Crippen LogP contribution in [-0.4, -0.2) is 49.0 Å². The highest BCUT2D eigenvalue weighted by Gasteiger charge is 2.27. The maximum atomic E-state index is 12.7. The number of halogens is 1.